The number of hydrogen-bond donors (Lipinski definition) is 1. The van der Waals surface area contributed by atoms with Gasteiger partial charge in [0, 0.05) is 18.6 Å². The maximum absolute atomic E-state index is 12.4. The summed E-state index contributed by atoms with van der Waals surface area (Å²) in [5.41, 5.74) is 0. The molecule has 4 nitrogen and oxygen atoms in total. The van der Waals surface area contributed by atoms with Gasteiger partial charge in [-0.15, -0.1) is 12.4 Å². The first-order chi connectivity index (χ1) is 9.18. The Morgan fingerprint density at radius 1 is 1.20 bits per heavy atom. The van der Waals surface area contributed by atoms with E-state index in [4.69, 9.17) is 0 Å². The van der Waals surface area contributed by atoms with Crippen molar-refractivity contribution in [3.63, 3.8) is 0 Å². The maximum atomic E-state index is 12.4. The monoisotopic (exact) mass is 303 g/mol. The topological polar surface area (TPSA) is 35.6 Å². The first-order valence-electron chi connectivity index (χ1n) is 7.89. The highest BCUT2D eigenvalue weighted by Gasteiger charge is 2.26. The van der Waals surface area contributed by atoms with Crippen molar-refractivity contribution in [2.24, 2.45) is 0 Å². The van der Waals surface area contributed by atoms with Crippen molar-refractivity contribution >= 4 is 18.3 Å². The molecule has 0 spiro atoms. The van der Waals surface area contributed by atoms with Crippen LogP contribution >= 0.6 is 12.4 Å². The summed E-state index contributed by atoms with van der Waals surface area (Å²) in [5, 5.41) is 3.43. The molecule has 118 valence electrons. The second kappa shape index (κ2) is 8.85. The highest BCUT2D eigenvalue weighted by Crippen LogP contribution is 2.18. The van der Waals surface area contributed by atoms with Gasteiger partial charge in [-0.25, -0.2) is 0 Å². The Balaban J connectivity index is 0.00000200. The average Bonchev–Trinajstić information content (AvgIpc) is 2.68. The molecule has 2 rings (SSSR count). The van der Waals surface area contributed by atoms with Gasteiger partial charge in [0.1, 0.15) is 0 Å². The molecule has 2 atom stereocenters. The van der Waals surface area contributed by atoms with E-state index in [1.165, 1.54) is 38.5 Å². The van der Waals surface area contributed by atoms with Gasteiger partial charge in [-0.3, -0.25) is 9.69 Å². The first-order valence-corrected chi connectivity index (χ1v) is 7.89. The molecule has 20 heavy (non-hydrogen) atoms. The van der Waals surface area contributed by atoms with Gasteiger partial charge in [-0.05, 0) is 65.6 Å². The van der Waals surface area contributed by atoms with Gasteiger partial charge in [0.2, 0.25) is 5.91 Å². The Morgan fingerprint density at radius 2 is 2.00 bits per heavy atom. The minimum atomic E-state index is 0. The Bertz CT molecular complexity index is 293. The van der Waals surface area contributed by atoms with Crippen molar-refractivity contribution in [1.82, 2.24) is 15.1 Å². The second-order valence-corrected chi connectivity index (χ2v) is 6.18. The van der Waals surface area contributed by atoms with Crippen molar-refractivity contribution in [2.45, 2.75) is 57.5 Å². The third-order valence-electron chi connectivity index (χ3n) is 4.68. The molecule has 1 N–H and O–H groups in total. The Kier molecular flexibility index (Phi) is 7.85. The van der Waals surface area contributed by atoms with Crippen molar-refractivity contribution in [3.8, 4) is 0 Å². The van der Waals surface area contributed by atoms with E-state index < -0.39 is 0 Å². The number of halogens is 1. The van der Waals surface area contributed by atoms with Crippen LogP contribution in [0, 0.1) is 0 Å². The summed E-state index contributed by atoms with van der Waals surface area (Å²) < 4.78 is 0. The van der Waals surface area contributed by atoms with E-state index in [1.54, 1.807) is 0 Å². The van der Waals surface area contributed by atoms with Crippen LogP contribution in [0.3, 0.4) is 0 Å². The Morgan fingerprint density at radius 3 is 2.75 bits per heavy atom. The predicted octanol–water partition coefficient (Wildman–Crippen LogP) is 1.88. The first kappa shape index (κ1) is 17.7. The zero-order chi connectivity index (χ0) is 13.7. The van der Waals surface area contributed by atoms with Crippen LogP contribution in [-0.4, -0.2) is 61.0 Å². The standard InChI is InChI=1S/C15H29N3O.ClH/c1-13-6-3-4-11-18(13)15(19)12-17(2)14-7-5-9-16-10-8-14;/h13-14,16H,3-12H2,1-2H3;1H. The van der Waals surface area contributed by atoms with Crippen molar-refractivity contribution in [2.75, 3.05) is 33.2 Å². The third kappa shape index (κ3) is 4.90. The molecule has 5 heteroatoms. The third-order valence-corrected chi connectivity index (χ3v) is 4.68. The molecule has 0 radical (unpaired) electrons. The minimum Gasteiger partial charge on any atom is -0.339 e. The quantitative estimate of drug-likeness (QED) is 0.865. The highest BCUT2D eigenvalue weighted by atomic mass is 35.5. The number of rotatable bonds is 3. The number of nitrogens with one attached hydrogen (secondary N) is 1. The van der Waals surface area contributed by atoms with Crippen molar-refractivity contribution in [3.05, 3.63) is 0 Å². The lowest BCUT2D eigenvalue weighted by Crippen LogP contribution is -2.48. The van der Waals surface area contributed by atoms with E-state index in [0.717, 1.165) is 19.6 Å². The van der Waals surface area contributed by atoms with E-state index in [9.17, 15) is 4.79 Å². The summed E-state index contributed by atoms with van der Waals surface area (Å²) in [6.07, 6.45) is 7.22. The van der Waals surface area contributed by atoms with Crippen LogP contribution in [0.15, 0.2) is 0 Å². The van der Waals surface area contributed by atoms with Crippen LogP contribution in [-0.2, 0) is 4.79 Å². The molecule has 0 aliphatic carbocycles. The fraction of sp³-hybridized carbons (Fsp3) is 0.933. The lowest BCUT2D eigenvalue weighted by atomic mass is 10.0. The Hall–Kier alpha value is -0.320. The summed E-state index contributed by atoms with van der Waals surface area (Å²) in [6, 6.07) is 1.00. The number of nitrogens with zero attached hydrogens (tertiary/aromatic N) is 2. The van der Waals surface area contributed by atoms with Gasteiger partial charge in [-0.2, -0.15) is 0 Å². The predicted molar refractivity (Wildman–Crippen MR) is 85.4 cm³/mol. The number of piperidine rings is 1. The molecular weight excluding hydrogens is 274 g/mol. The maximum Gasteiger partial charge on any atom is 0.236 e. The normalized spacial score (nSPS) is 27.9. The molecule has 2 heterocycles. The molecule has 2 saturated heterocycles. The summed E-state index contributed by atoms with van der Waals surface area (Å²) >= 11 is 0. The fourth-order valence-electron chi connectivity index (χ4n) is 3.34. The van der Waals surface area contributed by atoms with E-state index >= 15 is 0 Å². The van der Waals surface area contributed by atoms with Gasteiger partial charge >= 0.3 is 0 Å². The van der Waals surface area contributed by atoms with Crippen LogP contribution in [0.25, 0.3) is 0 Å². The van der Waals surface area contributed by atoms with Crippen molar-refractivity contribution in [1.29, 1.82) is 0 Å². The smallest absolute Gasteiger partial charge is 0.236 e. The average molecular weight is 304 g/mol. The minimum absolute atomic E-state index is 0. The molecule has 2 aliphatic rings. The van der Waals surface area contributed by atoms with Crippen molar-refractivity contribution < 1.29 is 4.79 Å². The molecule has 2 fully saturated rings. The Labute approximate surface area is 129 Å². The molecule has 0 aromatic heterocycles. The fourth-order valence-corrected chi connectivity index (χ4v) is 3.34. The summed E-state index contributed by atoms with van der Waals surface area (Å²) in [6.45, 7) is 5.95. The van der Waals surface area contributed by atoms with E-state index in [2.05, 4.69) is 29.1 Å². The van der Waals surface area contributed by atoms with Crippen LogP contribution in [0.2, 0.25) is 0 Å². The van der Waals surface area contributed by atoms with Gasteiger partial charge in [0.05, 0.1) is 6.54 Å². The van der Waals surface area contributed by atoms with E-state index in [1.807, 2.05) is 0 Å². The number of amides is 1. The van der Waals surface area contributed by atoms with Crippen LogP contribution in [0.1, 0.15) is 45.4 Å². The second-order valence-electron chi connectivity index (χ2n) is 6.18. The summed E-state index contributed by atoms with van der Waals surface area (Å²) in [4.78, 5) is 16.8. The number of likely N-dealkylation sites (tertiary alicyclic amines) is 1. The SMILES string of the molecule is CC1CCCCN1C(=O)CN(C)C1CCCNCC1.Cl. The molecule has 1 amide bonds. The van der Waals surface area contributed by atoms with Gasteiger partial charge in [0.15, 0.2) is 0 Å². The lowest BCUT2D eigenvalue weighted by Gasteiger charge is -2.36. The number of carbonyl (C=O) groups is 1. The summed E-state index contributed by atoms with van der Waals surface area (Å²) in [5.74, 6) is 0.326. The number of likely N-dealkylation sites (N-methyl/N-ethyl adjacent to an activating group) is 1. The van der Waals surface area contributed by atoms with E-state index in [-0.39, 0.29) is 12.4 Å². The number of carbonyl (C=O) groups excluding carboxylic acids is 1. The zero-order valence-corrected chi connectivity index (χ0v) is 13.8. The van der Waals surface area contributed by atoms with Crippen LogP contribution in [0.5, 0.6) is 0 Å². The van der Waals surface area contributed by atoms with Gasteiger partial charge in [0.25, 0.3) is 0 Å². The molecule has 2 aliphatic heterocycles. The summed E-state index contributed by atoms with van der Waals surface area (Å²) in [7, 11) is 2.11. The van der Waals surface area contributed by atoms with Gasteiger partial charge in [-0.1, -0.05) is 0 Å². The lowest BCUT2D eigenvalue weighted by molar-refractivity contribution is -0.135. The molecule has 2 unspecified atom stereocenters. The zero-order valence-electron chi connectivity index (χ0n) is 12.9. The number of hydrogen-bond acceptors (Lipinski definition) is 3. The van der Waals surface area contributed by atoms with Crippen LogP contribution < -0.4 is 5.32 Å². The molecular formula is C15H30ClN3O. The highest BCUT2D eigenvalue weighted by molar-refractivity contribution is 5.85. The molecule has 0 aromatic rings. The molecule has 0 saturated carbocycles. The van der Waals surface area contributed by atoms with Crippen LogP contribution in [0.4, 0.5) is 0 Å². The largest absolute Gasteiger partial charge is 0.339 e. The molecule has 0 aromatic carbocycles. The van der Waals surface area contributed by atoms with Gasteiger partial charge < -0.3 is 10.2 Å². The van der Waals surface area contributed by atoms with E-state index in [0.29, 0.717) is 24.5 Å². The molecule has 0 bridgehead atoms.